The molecule has 0 aliphatic carbocycles. The largest absolute Gasteiger partial charge is 0.508 e. The van der Waals surface area contributed by atoms with E-state index in [-0.39, 0.29) is 11.7 Å². The van der Waals surface area contributed by atoms with Crippen molar-refractivity contribution in [3.8, 4) is 5.75 Å². The summed E-state index contributed by atoms with van der Waals surface area (Å²) in [4.78, 5) is 13.6. The molecular formula is C16H17NO2. The van der Waals surface area contributed by atoms with Crippen LogP contribution in [0.4, 0.5) is 5.69 Å². The van der Waals surface area contributed by atoms with Crippen molar-refractivity contribution in [3.05, 3.63) is 60.2 Å². The molecular weight excluding hydrogens is 238 g/mol. The lowest BCUT2D eigenvalue weighted by Crippen LogP contribution is -2.26. The highest BCUT2D eigenvalue weighted by atomic mass is 16.3. The van der Waals surface area contributed by atoms with Crippen molar-refractivity contribution < 1.29 is 9.90 Å². The molecule has 0 fully saturated rings. The summed E-state index contributed by atoms with van der Waals surface area (Å²) in [7, 11) is 1.72. The summed E-state index contributed by atoms with van der Waals surface area (Å²) >= 11 is 0. The van der Waals surface area contributed by atoms with Gasteiger partial charge < -0.3 is 10.0 Å². The van der Waals surface area contributed by atoms with Crippen LogP contribution in [0, 0.1) is 0 Å². The van der Waals surface area contributed by atoms with Crippen LogP contribution in [0.25, 0.3) is 0 Å². The Labute approximate surface area is 113 Å². The summed E-state index contributed by atoms with van der Waals surface area (Å²) in [6.45, 7) is 0. The third-order valence-electron chi connectivity index (χ3n) is 3.06. The summed E-state index contributed by atoms with van der Waals surface area (Å²) in [5.41, 5.74) is 1.86. The highest BCUT2D eigenvalue weighted by Crippen LogP contribution is 2.19. The number of carbonyl (C=O) groups excluding carboxylic acids is 1. The lowest BCUT2D eigenvalue weighted by molar-refractivity contribution is -0.118. The zero-order valence-electron chi connectivity index (χ0n) is 10.9. The maximum Gasteiger partial charge on any atom is 0.227 e. The van der Waals surface area contributed by atoms with Crippen molar-refractivity contribution in [2.24, 2.45) is 0 Å². The number of amides is 1. The molecule has 0 saturated carbocycles. The smallest absolute Gasteiger partial charge is 0.227 e. The topological polar surface area (TPSA) is 40.5 Å². The second-order valence-corrected chi connectivity index (χ2v) is 4.46. The average molecular weight is 255 g/mol. The van der Waals surface area contributed by atoms with E-state index in [1.165, 1.54) is 0 Å². The standard InChI is InChI=1S/C16H17NO2/c1-17(14-8-5-9-15(18)12-14)16(19)11-10-13-6-3-2-4-7-13/h2-9,12,18H,10-11H2,1H3. The van der Waals surface area contributed by atoms with Gasteiger partial charge in [0.2, 0.25) is 5.91 Å². The van der Waals surface area contributed by atoms with E-state index < -0.39 is 0 Å². The summed E-state index contributed by atoms with van der Waals surface area (Å²) in [6, 6.07) is 16.6. The lowest BCUT2D eigenvalue weighted by Gasteiger charge is -2.17. The Balaban J connectivity index is 1.96. The number of anilines is 1. The molecule has 0 aromatic heterocycles. The Morgan fingerprint density at radius 2 is 1.84 bits per heavy atom. The molecule has 0 aliphatic rings. The SMILES string of the molecule is CN(C(=O)CCc1ccccc1)c1cccc(O)c1. The first kappa shape index (κ1) is 13.1. The van der Waals surface area contributed by atoms with Crippen LogP contribution >= 0.6 is 0 Å². The van der Waals surface area contributed by atoms with Gasteiger partial charge >= 0.3 is 0 Å². The van der Waals surface area contributed by atoms with Gasteiger partial charge in [0.25, 0.3) is 0 Å². The van der Waals surface area contributed by atoms with Crippen LogP contribution in [-0.2, 0) is 11.2 Å². The van der Waals surface area contributed by atoms with Crippen LogP contribution in [0.5, 0.6) is 5.75 Å². The van der Waals surface area contributed by atoms with Crippen molar-refractivity contribution >= 4 is 11.6 Å². The molecule has 98 valence electrons. The molecule has 3 heteroatoms. The molecule has 0 aliphatic heterocycles. The quantitative estimate of drug-likeness (QED) is 0.912. The number of benzene rings is 2. The summed E-state index contributed by atoms with van der Waals surface area (Å²) in [5.74, 6) is 0.203. The molecule has 1 amide bonds. The fourth-order valence-corrected chi connectivity index (χ4v) is 1.91. The molecule has 0 bridgehead atoms. The average Bonchev–Trinajstić information content (AvgIpc) is 2.45. The minimum Gasteiger partial charge on any atom is -0.508 e. The number of aromatic hydroxyl groups is 1. The fraction of sp³-hybridized carbons (Fsp3) is 0.188. The van der Waals surface area contributed by atoms with Gasteiger partial charge in [-0.05, 0) is 24.1 Å². The van der Waals surface area contributed by atoms with Crippen molar-refractivity contribution in [2.75, 3.05) is 11.9 Å². The van der Waals surface area contributed by atoms with Gasteiger partial charge in [-0.15, -0.1) is 0 Å². The van der Waals surface area contributed by atoms with Gasteiger partial charge in [0.1, 0.15) is 5.75 Å². The van der Waals surface area contributed by atoms with Crippen molar-refractivity contribution in [1.82, 2.24) is 0 Å². The number of phenolic OH excluding ortho intramolecular Hbond substituents is 1. The minimum atomic E-state index is 0.0365. The monoisotopic (exact) mass is 255 g/mol. The first-order valence-electron chi connectivity index (χ1n) is 6.26. The number of carbonyl (C=O) groups is 1. The zero-order valence-corrected chi connectivity index (χ0v) is 10.9. The summed E-state index contributed by atoms with van der Waals surface area (Å²) < 4.78 is 0. The highest BCUT2D eigenvalue weighted by Gasteiger charge is 2.11. The van der Waals surface area contributed by atoms with Gasteiger partial charge in [0.05, 0.1) is 0 Å². The second kappa shape index (κ2) is 6.05. The molecule has 2 aromatic carbocycles. The third kappa shape index (κ3) is 3.58. The van der Waals surface area contributed by atoms with Crippen LogP contribution < -0.4 is 4.90 Å². The zero-order chi connectivity index (χ0) is 13.7. The molecule has 1 N–H and O–H groups in total. The van der Waals surface area contributed by atoms with Crippen LogP contribution in [-0.4, -0.2) is 18.1 Å². The Morgan fingerprint density at radius 1 is 1.11 bits per heavy atom. The van der Waals surface area contributed by atoms with E-state index in [0.717, 1.165) is 12.0 Å². The van der Waals surface area contributed by atoms with Crippen molar-refractivity contribution in [2.45, 2.75) is 12.8 Å². The molecule has 0 radical (unpaired) electrons. The third-order valence-corrected chi connectivity index (χ3v) is 3.06. The van der Waals surface area contributed by atoms with Gasteiger partial charge in [-0.25, -0.2) is 0 Å². The number of nitrogens with zero attached hydrogens (tertiary/aromatic N) is 1. The first-order chi connectivity index (χ1) is 9.16. The fourth-order valence-electron chi connectivity index (χ4n) is 1.91. The number of rotatable bonds is 4. The van der Waals surface area contributed by atoms with Crippen molar-refractivity contribution in [3.63, 3.8) is 0 Å². The van der Waals surface area contributed by atoms with Crippen molar-refractivity contribution in [1.29, 1.82) is 0 Å². The molecule has 2 aromatic rings. The van der Waals surface area contributed by atoms with E-state index >= 15 is 0 Å². The first-order valence-corrected chi connectivity index (χ1v) is 6.26. The number of hydrogen-bond acceptors (Lipinski definition) is 2. The van der Waals surface area contributed by atoms with Gasteiger partial charge in [-0.3, -0.25) is 4.79 Å². The van der Waals surface area contributed by atoms with E-state index in [2.05, 4.69) is 0 Å². The summed E-state index contributed by atoms with van der Waals surface area (Å²) in [5, 5.41) is 9.41. The molecule has 0 saturated heterocycles. The molecule has 19 heavy (non-hydrogen) atoms. The number of aryl methyl sites for hydroxylation is 1. The molecule has 2 rings (SSSR count). The molecule has 0 unspecified atom stereocenters. The molecule has 3 nitrogen and oxygen atoms in total. The Bertz CT molecular complexity index is 552. The Kier molecular flexibility index (Phi) is 4.18. The predicted molar refractivity (Wildman–Crippen MR) is 76.3 cm³/mol. The maximum atomic E-state index is 12.1. The normalized spacial score (nSPS) is 10.2. The van der Waals surface area contributed by atoms with Crippen LogP contribution in [0.3, 0.4) is 0 Å². The predicted octanol–water partition coefficient (Wildman–Crippen LogP) is 2.99. The Morgan fingerprint density at radius 3 is 2.53 bits per heavy atom. The molecule has 0 spiro atoms. The minimum absolute atomic E-state index is 0.0365. The van der Waals surface area contributed by atoms with E-state index in [1.54, 1.807) is 36.2 Å². The summed E-state index contributed by atoms with van der Waals surface area (Å²) in [6.07, 6.45) is 1.18. The van der Waals surface area contributed by atoms with E-state index in [0.29, 0.717) is 12.1 Å². The Hall–Kier alpha value is -2.29. The van der Waals surface area contributed by atoms with Gasteiger partial charge in [0.15, 0.2) is 0 Å². The maximum absolute atomic E-state index is 12.1. The van der Waals surface area contributed by atoms with Crippen LogP contribution in [0.2, 0.25) is 0 Å². The van der Waals surface area contributed by atoms with E-state index in [9.17, 15) is 9.90 Å². The van der Waals surface area contributed by atoms with E-state index in [1.807, 2.05) is 30.3 Å². The molecule has 0 heterocycles. The highest BCUT2D eigenvalue weighted by molar-refractivity contribution is 5.93. The second-order valence-electron chi connectivity index (χ2n) is 4.46. The molecule has 0 atom stereocenters. The van der Waals surface area contributed by atoms with Crippen LogP contribution in [0.1, 0.15) is 12.0 Å². The van der Waals surface area contributed by atoms with E-state index in [4.69, 9.17) is 0 Å². The van der Waals surface area contributed by atoms with Gasteiger partial charge in [-0.1, -0.05) is 36.4 Å². The van der Waals surface area contributed by atoms with Gasteiger partial charge in [-0.2, -0.15) is 0 Å². The lowest BCUT2D eigenvalue weighted by atomic mass is 10.1. The van der Waals surface area contributed by atoms with Gasteiger partial charge in [0, 0.05) is 25.2 Å². The van der Waals surface area contributed by atoms with Crippen LogP contribution in [0.15, 0.2) is 54.6 Å². The number of hydrogen-bond donors (Lipinski definition) is 1. The number of phenols is 1.